The first-order valence-electron chi connectivity index (χ1n) is 5.56. The normalized spacial score (nSPS) is 10.7. The van der Waals surface area contributed by atoms with Crippen molar-refractivity contribution in [2.75, 3.05) is 12.8 Å². The predicted molar refractivity (Wildman–Crippen MR) is 80.0 cm³/mol. The van der Waals surface area contributed by atoms with Gasteiger partial charge >= 0.3 is 6.61 Å². The van der Waals surface area contributed by atoms with Gasteiger partial charge in [-0.3, -0.25) is 0 Å². The Morgan fingerprint density at radius 3 is 2.45 bits per heavy atom. The Morgan fingerprint density at radius 2 is 1.90 bits per heavy atom. The second-order valence-electron chi connectivity index (χ2n) is 3.81. The monoisotopic (exact) mass is 392 g/mol. The molecule has 1 aromatic heterocycles. The van der Waals surface area contributed by atoms with Gasteiger partial charge in [0.1, 0.15) is 5.75 Å². The van der Waals surface area contributed by atoms with Crippen LogP contribution in [-0.4, -0.2) is 18.7 Å². The van der Waals surface area contributed by atoms with Gasteiger partial charge in [-0.2, -0.15) is 8.78 Å². The molecule has 0 aliphatic carbocycles. The van der Waals surface area contributed by atoms with Crippen LogP contribution in [0, 0.1) is 3.57 Å². The third kappa shape index (κ3) is 3.09. The van der Waals surface area contributed by atoms with E-state index in [1.807, 2.05) is 0 Å². The first-order valence-corrected chi connectivity index (χ1v) is 6.64. The molecule has 0 saturated heterocycles. The van der Waals surface area contributed by atoms with Gasteiger partial charge in [0.05, 0.1) is 21.9 Å². The minimum atomic E-state index is -2.85. The van der Waals surface area contributed by atoms with E-state index in [-0.39, 0.29) is 5.75 Å². The number of hydrogen-bond acceptors (Lipinski definition) is 4. The maximum absolute atomic E-state index is 12.1. The molecule has 4 nitrogen and oxygen atoms in total. The Kier molecular flexibility index (Phi) is 4.58. The van der Waals surface area contributed by atoms with Gasteiger partial charge in [0, 0.05) is 6.20 Å². The zero-order valence-electron chi connectivity index (χ0n) is 10.4. The zero-order chi connectivity index (χ0) is 14.7. The summed E-state index contributed by atoms with van der Waals surface area (Å²) in [7, 11) is 1.49. The molecule has 7 heteroatoms. The Bertz CT molecular complexity index is 606. The number of rotatable bonds is 4. The SMILES string of the molecule is COc1ncc(I)c(N)c1-c1ccc(OC(F)F)cc1. The van der Waals surface area contributed by atoms with Crippen molar-refractivity contribution in [3.8, 4) is 22.8 Å². The topological polar surface area (TPSA) is 57.4 Å². The molecule has 2 rings (SSSR count). The molecule has 0 aliphatic rings. The number of nitrogens with zero attached hydrogens (tertiary/aromatic N) is 1. The van der Waals surface area contributed by atoms with Crippen molar-refractivity contribution in [1.29, 1.82) is 0 Å². The standard InChI is InChI=1S/C13H11F2IN2O2/c1-19-12-10(11(17)9(16)6-18-12)7-2-4-8(5-3-7)20-13(14)15/h2-6,13H,1H3,(H2,17,18). The van der Waals surface area contributed by atoms with Gasteiger partial charge in [0.2, 0.25) is 5.88 Å². The van der Waals surface area contributed by atoms with Crippen molar-refractivity contribution in [3.05, 3.63) is 34.0 Å². The molecule has 2 aromatic rings. The molecule has 0 fully saturated rings. The molecule has 0 radical (unpaired) electrons. The van der Waals surface area contributed by atoms with E-state index < -0.39 is 6.61 Å². The number of hydrogen-bond donors (Lipinski definition) is 1. The van der Waals surface area contributed by atoms with Crippen LogP contribution >= 0.6 is 22.6 Å². The van der Waals surface area contributed by atoms with Gasteiger partial charge in [-0.1, -0.05) is 12.1 Å². The number of alkyl halides is 2. The van der Waals surface area contributed by atoms with E-state index >= 15 is 0 Å². The average Bonchev–Trinajstić information content (AvgIpc) is 2.42. The van der Waals surface area contributed by atoms with E-state index in [0.29, 0.717) is 22.7 Å². The highest BCUT2D eigenvalue weighted by Gasteiger charge is 2.14. The van der Waals surface area contributed by atoms with Crippen LogP contribution in [0.3, 0.4) is 0 Å². The summed E-state index contributed by atoms with van der Waals surface area (Å²) in [5.41, 5.74) is 7.90. The number of nitrogen functional groups attached to an aromatic ring is 1. The number of aromatic nitrogens is 1. The van der Waals surface area contributed by atoms with Crippen LogP contribution in [-0.2, 0) is 0 Å². The predicted octanol–water partition coefficient (Wildman–Crippen LogP) is 3.55. The quantitative estimate of drug-likeness (QED) is 0.809. The molecule has 20 heavy (non-hydrogen) atoms. The number of ether oxygens (including phenoxy) is 2. The van der Waals surface area contributed by atoms with Gasteiger partial charge in [-0.25, -0.2) is 4.98 Å². The third-order valence-electron chi connectivity index (χ3n) is 2.60. The number of benzene rings is 1. The number of nitrogens with two attached hydrogens (primary N) is 1. The molecule has 2 N–H and O–H groups in total. The van der Waals surface area contributed by atoms with Crippen LogP contribution in [0.2, 0.25) is 0 Å². The summed E-state index contributed by atoms with van der Waals surface area (Å²) in [4.78, 5) is 4.14. The van der Waals surface area contributed by atoms with Gasteiger partial charge in [-0.15, -0.1) is 0 Å². The molecule has 1 heterocycles. The second kappa shape index (κ2) is 6.21. The van der Waals surface area contributed by atoms with Crippen molar-refractivity contribution in [2.45, 2.75) is 6.61 Å². The lowest BCUT2D eigenvalue weighted by Crippen LogP contribution is -2.02. The number of anilines is 1. The average molecular weight is 392 g/mol. The first-order chi connectivity index (χ1) is 9.52. The van der Waals surface area contributed by atoms with Gasteiger partial charge in [0.25, 0.3) is 0 Å². The molecule has 1 aromatic carbocycles. The second-order valence-corrected chi connectivity index (χ2v) is 4.97. The van der Waals surface area contributed by atoms with E-state index in [0.717, 1.165) is 3.57 Å². The van der Waals surface area contributed by atoms with Gasteiger partial charge in [0.15, 0.2) is 0 Å². The largest absolute Gasteiger partial charge is 0.480 e. The summed E-state index contributed by atoms with van der Waals surface area (Å²) in [6.45, 7) is -2.85. The van der Waals surface area contributed by atoms with E-state index in [2.05, 4.69) is 32.3 Å². The maximum Gasteiger partial charge on any atom is 0.387 e. The third-order valence-corrected chi connectivity index (χ3v) is 3.46. The number of halogens is 3. The Labute approximate surface area is 128 Å². The fourth-order valence-electron chi connectivity index (χ4n) is 1.72. The lowest BCUT2D eigenvalue weighted by atomic mass is 10.1. The van der Waals surface area contributed by atoms with Crippen LogP contribution in [0.5, 0.6) is 11.6 Å². The van der Waals surface area contributed by atoms with E-state index in [9.17, 15) is 8.78 Å². The highest BCUT2D eigenvalue weighted by molar-refractivity contribution is 14.1. The smallest absolute Gasteiger partial charge is 0.387 e. The van der Waals surface area contributed by atoms with Crippen LogP contribution in [0.25, 0.3) is 11.1 Å². The van der Waals surface area contributed by atoms with Crippen LogP contribution in [0.4, 0.5) is 14.5 Å². The van der Waals surface area contributed by atoms with Crippen LogP contribution < -0.4 is 15.2 Å². The van der Waals surface area contributed by atoms with Crippen LogP contribution in [0.15, 0.2) is 30.5 Å². The molecule has 0 atom stereocenters. The number of methoxy groups -OCH3 is 1. The van der Waals surface area contributed by atoms with Crippen molar-refractivity contribution in [1.82, 2.24) is 4.98 Å². The summed E-state index contributed by atoms with van der Waals surface area (Å²) in [5.74, 6) is 0.463. The number of pyridine rings is 1. The molecule has 0 amide bonds. The van der Waals surface area contributed by atoms with E-state index in [4.69, 9.17) is 10.5 Å². The minimum absolute atomic E-state index is 0.0832. The molecule has 0 aliphatic heterocycles. The summed E-state index contributed by atoms with van der Waals surface area (Å²) in [5, 5.41) is 0. The molecule has 0 saturated carbocycles. The Hall–Kier alpha value is -1.64. The fraction of sp³-hybridized carbons (Fsp3) is 0.154. The van der Waals surface area contributed by atoms with Gasteiger partial charge < -0.3 is 15.2 Å². The molecule has 0 spiro atoms. The fourth-order valence-corrected chi connectivity index (χ4v) is 2.13. The molecular weight excluding hydrogens is 381 g/mol. The summed E-state index contributed by atoms with van der Waals surface area (Å²) in [6, 6.07) is 6.15. The lowest BCUT2D eigenvalue weighted by Gasteiger charge is -2.12. The van der Waals surface area contributed by atoms with Gasteiger partial charge in [-0.05, 0) is 40.3 Å². The first kappa shape index (κ1) is 14.8. The Balaban J connectivity index is 2.43. The zero-order valence-corrected chi connectivity index (χ0v) is 12.6. The lowest BCUT2D eigenvalue weighted by molar-refractivity contribution is -0.0498. The van der Waals surface area contributed by atoms with Crippen LogP contribution in [0.1, 0.15) is 0 Å². The molecule has 0 unspecified atom stereocenters. The van der Waals surface area contributed by atoms with Crippen molar-refractivity contribution >= 4 is 28.3 Å². The molecule has 106 valence electrons. The Morgan fingerprint density at radius 1 is 1.25 bits per heavy atom. The van der Waals surface area contributed by atoms with E-state index in [1.54, 1.807) is 18.3 Å². The molecular formula is C13H11F2IN2O2. The molecule has 0 bridgehead atoms. The minimum Gasteiger partial charge on any atom is -0.480 e. The van der Waals surface area contributed by atoms with Crippen molar-refractivity contribution in [3.63, 3.8) is 0 Å². The maximum atomic E-state index is 12.1. The van der Waals surface area contributed by atoms with Crippen molar-refractivity contribution < 1.29 is 18.3 Å². The summed E-state index contributed by atoms with van der Waals surface area (Å²) >= 11 is 2.07. The summed E-state index contributed by atoms with van der Waals surface area (Å²) in [6.07, 6.45) is 1.60. The highest BCUT2D eigenvalue weighted by atomic mass is 127. The summed E-state index contributed by atoms with van der Waals surface area (Å²) < 4.78 is 34.5. The highest BCUT2D eigenvalue weighted by Crippen LogP contribution is 2.36. The van der Waals surface area contributed by atoms with E-state index in [1.165, 1.54) is 19.2 Å². The van der Waals surface area contributed by atoms with Crippen molar-refractivity contribution in [2.24, 2.45) is 0 Å².